The van der Waals surface area contributed by atoms with Gasteiger partial charge in [0.1, 0.15) is 0 Å². The molecule has 2 N–H and O–H groups in total. The standard InChI is InChI=1S/C19H23N5O/c1-12-17(13(2)23(3)22-12)11-24(16-5-6-16)19(25)21-15-4-7-18-14(10-15)8-9-20-18/h4,7-10,16,20H,5-6,11H2,1-3H3,(H,21,25). The van der Waals surface area contributed by atoms with Crippen molar-refractivity contribution in [3.8, 4) is 0 Å². The molecule has 2 amide bonds. The van der Waals surface area contributed by atoms with E-state index < -0.39 is 0 Å². The first-order chi connectivity index (χ1) is 12.0. The third-order valence-corrected chi connectivity index (χ3v) is 5.04. The van der Waals surface area contributed by atoms with Crippen LogP contribution in [0.15, 0.2) is 30.5 Å². The molecule has 25 heavy (non-hydrogen) atoms. The smallest absolute Gasteiger partial charge is 0.322 e. The second-order valence-electron chi connectivity index (χ2n) is 6.84. The van der Waals surface area contributed by atoms with Gasteiger partial charge in [0.25, 0.3) is 0 Å². The lowest BCUT2D eigenvalue weighted by molar-refractivity contribution is 0.206. The Hall–Kier alpha value is -2.76. The average molecular weight is 337 g/mol. The van der Waals surface area contributed by atoms with Gasteiger partial charge in [0, 0.05) is 47.1 Å². The van der Waals surface area contributed by atoms with E-state index in [1.54, 1.807) is 0 Å². The molecule has 0 unspecified atom stereocenters. The highest BCUT2D eigenvalue weighted by Gasteiger charge is 2.33. The molecule has 0 atom stereocenters. The number of fused-ring (bicyclic) bond motifs is 1. The van der Waals surface area contributed by atoms with Gasteiger partial charge in [-0.1, -0.05) is 0 Å². The second kappa shape index (κ2) is 5.95. The number of aromatic amines is 1. The van der Waals surface area contributed by atoms with Gasteiger partial charge in [-0.25, -0.2) is 4.79 Å². The average Bonchev–Trinajstić information content (AvgIpc) is 3.25. The van der Waals surface area contributed by atoms with Gasteiger partial charge in [-0.05, 0) is 51.0 Å². The number of amides is 2. The molecule has 1 aliphatic rings. The van der Waals surface area contributed by atoms with E-state index in [4.69, 9.17) is 0 Å². The normalized spacial score (nSPS) is 14.0. The van der Waals surface area contributed by atoms with Crippen molar-refractivity contribution in [3.63, 3.8) is 0 Å². The molecular formula is C19H23N5O. The first-order valence-corrected chi connectivity index (χ1v) is 8.67. The summed E-state index contributed by atoms with van der Waals surface area (Å²) in [4.78, 5) is 18.0. The number of urea groups is 1. The maximum atomic E-state index is 12.9. The van der Waals surface area contributed by atoms with Crippen LogP contribution >= 0.6 is 0 Å². The minimum absolute atomic E-state index is 0.0416. The summed E-state index contributed by atoms with van der Waals surface area (Å²) in [6, 6.07) is 8.21. The van der Waals surface area contributed by atoms with Crippen molar-refractivity contribution < 1.29 is 4.79 Å². The lowest BCUT2D eigenvalue weighted by Gasteiger charge is -2.23. The highest BCUT2D eigenvalue weighted by atomic mass is 16.2. The number of hydrogen-bond donors (Lipinski definition) is 2. The summed E-state index contributed by atoms with van der Waals surface area (Å²) in [5.41, 5.74) is 5.14. The SMILES string of the molecule is Cc1nn(C)c(C)c1CN(C(=O)Nc1ccc2[nH]ccc2c1)C1CC1. The van der Waals surface area contributed by atoms with Crippen LogP contribution in [0.25, 0.3) is 10.9 Å². The van der Waals surface area contributed by atoms with Crippen molar-refractivity contribution in [2.45, 2.75) is 39.3 Å². The van der Waals surface area contributed by atoms with E-state index in [0.29, 0.717) is 12.6 Å². The molecule has 4 rings (SSSR count). The molecule has 3 aromatic rings. The third-order valence-electron chi connectivity index (χ3n) is 5.04. The van der Waals surface area contributed by atoms with Crippen LogP contribution in [0.1, 0.15) is 29.8 Å². The van der Waals surface area contributed by atoms with Crippen LogP contribution in [0.3, 0.4) is 0 Å². The number of anilines is 1. The molecule has 0 aliphatic heterocycles. The Morgan fingerprint density at radius 1 is 1.36 bits per heavy atom. The lowest BCUT2D eigenvalue weighted by atomic mass is 10.2. The Bertz CT molecular complexity index is 935. The van der Waals surface area contributed by atoms with Gasteiger partial charge in [-0.2, -0.15) is 5.10 Å². The fourth-order valence-electron chi connectivity index (χ4n) is 3.30. The fraction of sp³-hybridized carbons (Fsp3) is 0.368. The van der Waals surface area contributed by atoms with Crippen LogP contribution in [0.4, 0.5) is 10.5 Å². The Morgan fingerprint density at radius 3 is 2.84 bits per heavy atom. The number of aromatic nitrogens is 3. The number of H-pyrrole nitrogens is 1. The Kier molecular flexibility index (Phi) is 3.75. The summed E-state index contributed by atoms with van der Waals surface area (Å²) < 4.78 is 1.88. The highest BCUT2D eigenvalue weighted by molar-refractivity contribution is 5.93. The predicted octanol–water partition coefficient (Wildman–Crippen LogP) is 3.71. The van der Waals surface area contributed by atoms with Crippen molar-refractivity contribution in [2.75, 3.05) is 5.32 Å². The number of nitrogens with one attached hydrogen (secondary N) is 2. The summed E-state index contributed by atoms with van der Waals surface area (Å²) >= 11 is 0. The molecule has 130 valence electrons. The third kappa shape index (κ3) is 2.99. The van der Waals surface area contributed by atoms with Crippen LogP contribution in [0.2, 0.25) is 0 Å². The number of rotatable bonds is 4. The monoisotopic (exact) mass is 337 g/mol. The van der Waals surface area contributed by atoms with E-state index >= 15 is 0 Å². The number of benzene rings is 1. The minimum Gasteiger partial charge on any atom is -0.361 e. The maximum absolute atomic E-state index is 12.9. The van der Waals surface area contributed by atoms with Gasteiger partial charge in [0.2, 0.25) is 0 Å². The summed E-state index contributed by atoms with van der Waals surface area (Å²) in [5, 5.41) is 8.62. The van der Waals surface area contributed by atoms with E-state index in [1.807, 2.05) is 54.0 Å². The summed E-state index contributed by atoms with van der Waals surface area (Å²) in [7, 11) is 1.94. The Morgan fingerprint density at radius 2 is 2.16 bits per heavy atom. The van der Waals surface area contributed by atoms with Crippen LogP contribution in [0.5, 0.6) is 0 Å². The van der Waals surface area contributed by atoms with Gasteiger partial charge < -0.3 is 15.2 Å². The Labute approximate surface area is 146 Å². The van der Waals surface area contributed by atoms with E-state index in [9.17, 15) is 4.79 Å². The molecule has 1 aliphatic carbocycles. The Balaban J connectivity index is 1.54. The number of hydrogen-bond acceptors (Lipinski definition) is 2. The largest absolute Gasteiger partial charge is 0.361 e. The summed E-state index contributed by atoms with van der Waals surface area (Å²) in [6.07, 6.45) is 4.05. The number of carbonyl (C=O) groups is 1. The van der Waals surface area contributed by atoms with Crippen LogP contribution in [-0.2, 0) is 13.6 Å². The van der Waals surface area contributed by atoms with Crippen molar-refractivity contribution in [3.05, 3.63) is 47.4 Å². The summed E-state index contributed by atoms with van der Waals surface area (Å²) in [6.45, 7) is 4.66. The molecule has 0 spiro atoms. The quantitative estimate of drug-likeness (QED) is 0.762. The molecule has 0 radical (unpaired) electrons. The molecule has 1 aromatic carbocycles. The van der Waals surface area contributed by atoms with Gasteiger partial charge in [-0.15, -0.1) is 0 Å². The van der Waals surface area contributed by atoms with Gasteiger partial charge >= 0.3 is 6.03 Å². The molecular weight excluding hydrogens is 314 g/mol. The van der Waals surface area contributed by atoms with Crippen molar-refractivity contribution >= 4 is 22.6 Å². The van der Waals surface area contributed by atoms with Crippen LogP contribution in [0, 0.1) is 13.8 Å². The zero-order valence-corrected chi connectivity index (χ0v) is 14.8. The molecule has 0 saturated heterocycles. The molecule has 6 nitrogen and oxygen atoms in total. The lowest BCUT2D eigenvalue weighted by Crippen LogP contribution is -2.36. The minimum atomic E-state index is -0.0416. The molecule has 6 heteroatoms. The number of aryl methyl sites for hydroxylation is 2. The zero-order chi connectivity index (χ0) is 17.6. The van der Waals surface area contributed by atoms with Crippen molar-refractivity contribution in [2.24, 2.45) is 7.05 Å². The highest BCUT2D eigenvalue weighted by Crippen LogP contribution is 2.30. The molecule has 0 bridgehead atoms. The van der Waals surface area contributed by atoms with Crippen LogP contribution < -0.4 is 5.32 Å². The van der Waals surface area contributed by atoms with Gasteiger partial charge in [0.15, 0.2) is 0 Å². The van der Waals surface area contributed by atoms with Crippen LogP contribution in [-0.4, -0.2) is 31.7 Å². The first kappa shape index (κ1) is 15.7. The second-order valence-corrected chi connectivity index (χ2v) is 6.84. The maximum Gasteiger partial charge on any atom is 0.322 e. The van der Waals surface area contributed by atoms with Gasteiger partial charge in [-0.3, -0.25) is 4.68 Å². The topological polar surface area (TPSA) is 66.0 Å². The van der Waals surface area contributed by atoms with E-state index in [0.717, 1.165) is 46.4 Å². The summed E-state index contributed by atoms with van der Waals surface area (Å²) in [5.74, 6) is 0. The zero-order valence-electron chi connectivity index (χ0n) is 14.8. The predicted molar refractivity (Wildman–Crippen MR) is 98.6 cm³/mol. The van der Waals surface area contributed by atoms with Crippen molar-refractivity contribution in [1.82, 2.24) is 19.7 Å². The van der Waals surface area contributed by atoms with E-state index in [2.05, 4.69) is 22.3 Å². The first-order valence-electron chi connectivity index (χ1n) is 8.67. The molecule has 2 aromatic heterocycles. The molecule has 2 heterocycles. The number of carbonyl (C=O) groups excluding carboxylic acids is 1. The molecule has 1 saturated carbocycles. The van der Waals surface area contributed by atoms with E-state index in [1.165, 1.54) is 0 Å². The van der Waals surface area contributed by atoms with E-state index in [-0.39, 0.29) is 6.03 Å². The fourth-order valence-corrected chi connectivity index (χ4v) is 3.30. The molecule has 1 fully saturated rings. The van der Waals surface area contributed by atoms with Gasteiger partial charge in [0.05, 0.1) is 12.2 Å². The van der Waals surface area contributed by atoms with Crippen molar-refractivity contribution in [1.29, 1.82) is 0 Å². The number of nitrogens with zero attached hydrogens (tertiary/aromatic N) is 3.